The Bertz CT molecular complexity index is 379. The highest BCUT2D eigenvalue weighted by atomic mass is 32.1. The number of carbonyl (C=O) groups is 1. The molecule has 1 aromatic rings. The zero-order valence-corrected chi connectivity index (χ0v) is 10.4. The predicted molar refractivity (Wildman–Crippen MR) is 66.1 cm³/mol. The summed E-state index contributed by atoms with van der Waals surface area (Å²) in [5.41, 5.74) is -0.298. The minimum Gasteiger partial charge on any atom is -0.393 e. The van der Waals surface area contributed by atoms with Crippen LogP contribution in [0.25, 0.3) is 0 Å². The quantitative estimate of drug-likeness (QED) is 0.832. The summed E-state index contributed by atoms with van der Waals surface area (Å²) in [6.45, 7) is 0.927. The van der Waals surface area contributed by atoms with Crippen molar-refractivity contribution in [2.24, 2.45) is 0 Å². The molecule has 2 rings (SSSR count). The van der Waals surface area contributed by atoms with Crippen LogP contribution in [-0.2, 0) is 0 Å². The van der Waals surface area contributed by atoms with E-state index in [9.17, 15) is 9.90 Å². The van der Waals surface area contributed by atoms with Gasteiger partial charge in [0.1, 0.15) is 0 Å². The zero-order valence-electron chi connectivity index (χ0n) is 9.63. The molecule has 1 atom stereocenters. The van der Waals surface area contributed by atoms with Gasteiger partial charge in [0.05, 0.1) is 17.8 Å². The number of likely N-dealkylation sites (tertiary alicyclic amines) is 1. The molecular formula is C12H17NO3S. The van der Waals surface area contributed by atoms with Crippen LogP contribution in [0.1, 0.15) is 29.6 Å². The van der Waals surface area contributed by atoms with Crippen LogP contribution in [0.2, 0.25) is 0 Å². The Morgan fingerprint density at radius 1 is 1.47 bits per heavy atom. The van der Waals surface area contributed by atoms with Crippen molar-refractivity contribution in [3.63, 3.8) is 0 Å². The number of nitrogens with zero attached hydrogens (tertiary/aromatic N) is 1. The summed E-state index contributed by atoms with van der Waals surface area (Å²) >= 11 is 1.50. The largest absolute Gasteiger partial charge is 0.393 e. The van der Waals surface area contributed by atoms with E-state index in [2.05, 4.69) is 0 Å². The lowest BCUT2D eigenvalue weighted by atomic mass is 9.96. The molecule has 0 spiro atoms. The molecule has 1 aliphatic heterocycles. The molecule has 94 valence electrons. The average Bonchev–Trinajstić information content (AvgIpc) is 2.79. The fraction of sp³-hybridized carbons (Fsp3) is 0.583. The van der Waals surface area contributed by atoms with Crippen molar-refractivity contribution in [2.45, 2.75) is 24.9 Å². The van der Waals surface area contributed by atoms with Crippen LogP contribution < -0.4 is 0 Å². The highest BCUT2D eigenvalue weighted by Crippen LogP contribution is 2.23. The Morgan fingerprint density at radius 2 is 2.29 bits per heavy atom. The maximum absolute atomic E-state index is 12.1. The van der Waals surface area contributed by atoms with Gasteiger partial charge in [0.15, 0.2) is 0 Å². The summed E-state index contributed by atoms with van der Waals surface area (Å²) < 4.78 is 0. The summed E-state index contributed by atoms with van der Waals surface area (Å²) in [5, 5.41) is 22.9. The van der Waals surface area contributed by atoms with Crippen LogP contribution in [-0.4, -0.2) is 46.3 Å². The lowest BCUT2D eigenvalue weighted by Crippen LogP contribution is -2.36. The molecule has 17 heavy (non-hydrogen) atoms. The number of hydrogen-bond acceptors (Lipinski definition) is 4. The molecule has 1 saturated heterocycles. The minimum atomic E-state index is -1.01. The number of amides is 1. The van der Waals surface area contributed by atoms with Gasteiger partial charge < -0.3 is 15.1 Å². The maximum Gasteiger partial charge on any atom is 0.254 e. The van der Waals surface area contributed by atoms with Crippen LogP contribution >= 0.6 is 11.3 Å². The third kappa shape index (κ3) is 2.86. The van der Waals surface area contributed by atoms with Crippen LogP contribution in [0.5, 0.6) is 0 Å². The number of rotatable bonds is 2. The molecule has 1 aromatic heterocycles. The smallest absolute Gasteiger partial charge is 0.254 e. The molecule has 2 heterocycles. The van der Waals surface area contributed by atoms with Gasteiger partial charge in [0, 0.05) is 18.5 Å². The van der Waals surface area contributed by atoms with Crippen molar-refractivity contribution in [3.05, 3.63) is 22.4 Å². The molecule has 1 fully saturated rings. The van der Waals surface area contributed by atoms with Crippen molar-refractivity contribution >= 4 is 17.2 Å². The van der Waals surface area contributed by atoms with E-state index in [1.54, 1.807) is 4.90 Å². The van der Waals surface area contributed by atoms with Gasteiger partial charge in [0.25, 0.3) is 5.91 Å². The van der Waals surface area contributed by atoms with E-state index >= 15 is 0 Å². The first-order chi connectivity index (χ1) is 8.14. The van der Waals surface area contributed by atoms with E-state index in [0.29, 0.717) is 31.5 Å². The molecular weight excluding hydrogens is 238 g/mol. The normalized spacial score (nSPS) is 25.6. The van der Waals surface area contributed by atoms with Crippen molar-refractivity contribution in [1.29, 1.82) is 0 Å². The van der Waals surface area contributed by atoms with E-state index in [-0.39, 0.29) is 12.5 Å². The van der Waals surface area contributed by atoms with Gasteiger partial charge >= 0.3 is 0 Å². The summed E-state index contributed by atoms with van der Waals surface area (Å²) in [7, 11) is 0. The monoisotopic (exact) mass is 255 g/mol. The number of carbonyl (C=O) groups excluding carboxylic acids is 1. The summed E-state index contributed by atoms with van der Waals surface area (Å²) in [6.07, 6.45) is 1.73. The van der Waals surface area contributed by atoms with E-state index in [1.807, 2.05) is 16.8 Å². The minimum absolute atomic E-state index is 0.0217. The Morgan fingerprint density at radius 3 is 2.94 bits per heavy atom. The lowest BCUT2D eigenvalue weighted by Gasteiger charge is -2.24. The maximum atomic E-state index is 12.1. The van der Waals surface area contributed by atoms with Gasteiger partial charge in [-0.2, -0.15) is 11.3 Å². The fourth-order valence-corrected chi connectivity index (χ4v) is 2.74. The van der Waals surface area contributed by atoms with Crippen LogP contribution in [0.4, 0.5) is 0 Å². The summed E-state index contributed by atoms with van der Waals surface area (Å²) in [4.78, 5) is 13.9. The Kier molecular flexibility index (Phi) is 3.81. The molecule has 0 radical (unpaired) electrons. The first kappa shape index (κ1) is 12.5. The second kappa shape index (κ2) is 5.16. The average molecular weight is 255 g/mol. The molecule has 1 aliphatic rings. The van der Waals surface area contributed by atoms with Crippen molar-refractivity contribution in [2.75, 3.05) is 19.7 Å². The van der Waals surface area contributed by atoms with E-state index < -0.39 is 5.60 Å². The number of hydrogen-bond donors (Lipinski definition) is 2. The molecule has 0 aliphatic carbocycles. The Hall–Kier alpha value is -0.910. The third-order valence-corrected chi connectivity index (χ3v) is 3.95. The highest BCUT2D eigenvalue weighted by molar-refractivity contribution is 7.08. The SMILES string of the molecule is O=C(c1ccsc1)N1CCCC(O)(CO)CC1. The van der Waals surface area contributed by atoms with Crippen LogP contribution in [0.3, 0.4) is 0 Å². The standard InChI is InChI=1S/C12H17NO3S/c14-9-12(16)3-1-5-13(6-4-12)11(15)10-2-7-17-8-10/h2,7-8,14,16H,1,3-6,9H2. The van der Waals surface area contributed by atoms with Crippen LogP contribution in [0, 0.1) is 0 Å². The van der Waals surface area contributed by atoms with Crippen molar-refractivity contribution in [1.82, 2.24) is 4.90 Å². The van der Waals surface area contributed by atoms with E-state index in [0.717, 1.165) is 6.42 Å². The molecule has 1 unspecified atom stereocenters. The Balaban J connectivity index is 2.02. The van der Waals surface area contributed by atoms with Crippen molar-refractivity contribution in [3.8, 4) is 0 Å². The van der Waals surface area contributed by atoms with Gasteiger partial charge in [-0.15, -0.1) is 0 Å². The third-order valence-electron chi connectivity index (χ3n) is 3.27. The topological polar surface area (TPSA) is 60.8 Å². The number of aliphatic hydroxyl groups is 2. The Labute approximate surface area is 104 Å². The fourth-order valence-electron chi connectivity index (χ4n) is 2.11. The van der Waals surface area contributed by atoms with Gasteiger partial charge in [0.2, 0.25) is 0 Å². The first-order valence-electron chi connectivity index (χ1n) is 5.79. The molecule has 0 aromatic carbocycles. The van der Waals surface area contributed by atoms with Gasteiger partial charge in [-0.1, -0.05) is 0 Å². The van der Waals surface area contributed by atoms with E-state index in [4.69, 9.17) is 5.11 Å². The second-order valence-corrected chi connectivity index (χ2v) is 5.32. The first-order valence-corrected chi connectivity index (χ1v) is 6.74. The number of aliphatic hydroxyl groups excluding tert-OH is 1. The van der Waals surface area contributed by atoms with E-state index in [1.165, 1.54) is 11.3 Å². The second-order valence-electron chi connectivity index (χ2n) is 4.54. The molecule has 1 amide bonds. The molecule has 0 saturated carbocycles. The summed E-state index contributed by atoms with van der Waals surface area (Å²) in [6, 6.07) is 1.82. The molecule has 2 N–H and O–H groups in total. The van der Waals surface area contributed by atoms with Gasteiger partial charge in [-0.05, 0) is 30.7 Å². The number of thiophene rings is 1. The van der Waals surface area contributed by atoms with Gasteiger partial charge in [-0.3, -0.25) is 4.79 Å². The van der Waals surface area contributed by atoms with Crippen LogP contribution in [0.15, 0.2) is 16.8 Å². The molecule has 5 heteroatoms. The predicted octanol–water partition coefficient (Wildman–Crippen LogP) is 1.10. The zero-order chi connectivity index (χ0) is 12.3. The van der Waals surface area contributed by atoms with Crippen molar-refractivity contribution < 1.29 is 15.0 Å². The lowest BCUT2D eigenvalue weighted by molar-refractivity contribution is -0.0250. The van der Waals surface area contributed by atoms with Gasteiger partial charge in [-0.25, -0.2) is 0 Å². The molecule has 0 bridgehead atoms. The summed E-state index contributed by atoms with van der Waals surface area (Å²) in [5.74, 6) is 0.0217. The highest BCUT2D eigenvalue weighted by Gasteiger charge is 2.30. The molecule has 4 nitrogen and oxygen atoms in total.